The van der Waals surface area contributed by atoms with Crippen molar-refractivity contribution in [3.8, 4) is 11.1 Å². The van der Waals surface area contributed by atoms with E-state index in [9.17, 15) is 18.3 Å². The number of carboxylic acids is 1. The zero-order valence-corrected chi connectivity index (χ0v) is 10.4. The summed E-state index contributed by atoms with van der Waals surface area (Å²) in [7, 11) is -3.75. The maximum Gasteiger partial charge on any atom is 0.262 e. The summed E-state index contributed by atoms with van der Waals surface area (Å²) < 4.78 is 26.5. The lowest BCUT2D eigenvalue weighted by molar-refractivity contribution is -0.254. The average Bonchev–Trinajstić information content (AvgIpc) is 2.38. The molecule has 1 aliphatic rings. The van der Waals surface area contributed by atoms with Gasteiger partial charge in [0.2, 0.25) is 0 Å². The molecule has 96 valence electrons. The number of aromatic carboxylic acids is 1. The van der Waals surface area contributed by atoms with Crippen molar-refractivity contribution < 1.29 is 18.3 Å². The highest BCUT2D eigenvalue weighted by Gasteiger charge is 2.28. The normalized spacial score (nSPS) is 14.9. The van der Waals surface area contributed by atoms with Gasteiger partial charge in [-0.15, -0.1) is 0 Å². The van der Waals surface area contributed by atoms with Crippen LogP contribution >= 0.6 is 0 Å². The van der Waals surface area contributed by atoms with E-state index in [2.05, 4.69) is 4.72 Å². The summed E-state index contributed by atoms with van der Waals surface area (Å²) in [4.78, 5) is 11.2. The van der Waals surface area contributed by atoms with Gasteiger partial charge in [-0.05, 0) is 6.07 Å². The molecule has 19 heavy (non-hydrogen) atoms. The zero-order valence-electron chi connectivity index (χ0n) is 9.58. The maximum absolute atomic E-state index is 12.1. The molecular weight excluding hydrogens is 266 g/mol. The van der Waals surface area contributed by atoms with Crippen molar-refractivity contribution in [1.29, 1.82) is 0 Å². The summed E-state index contributed by atoms with van der Waals surface area (Å²) >= 11 is 0. The van der Waals surface area contributed by atoms with Crippen LogP contribution in [0, 0.1) is 0 Å². The van der Waals surface area contributed by atoms with E-state index in [-0.39, 0.29) is 16.1 Å². The van der Waals surface area contributed by atoms with E-state index in [1.165, 1.54) is 12.1 Å². The number of hydrogen-bond donors (Lipinski definition) is 1. The number of rotatable bonds is 1. The van der Waals surface area contributed by atoms with E-state index in [1.54, 1.807) is 30.3 Å². The van der Waals surface area contributed by atoms with Crippen LogP contribution in [0.3, 0.4) is 0 Å². The topological polar surface area (TPSA) is 86.3 Å². The van der Waals surface area contributed by atoms with Crippen LogP contribution in [0.4, 0.5) is 5.69 Å². The molecule has 0 aromatic heterocycles. The SMILES string of the molecule is O=C([O-])c1cccc2c1NS(=O)(=O)c1ccccc1-2. The van der Waals surface area contributed by atoms with Gasteiger partial charge in [0, 0.05) is 16.7 Å². The van der Waals surface area contributed by atoms with Gasteiger partial charge in [0.1, 0.15) is 0 Å². The smallest absolute Gasteiger partial charge is 0.262 e. The Labute approximate surface area is 109 Å². The van der Waals surface area contributed by atoms with Crippen LogP contribution in [-0.2, 0) is 10.0 Å². The number of carbonyl (C=O) groups is 1. The Morgan fingerprint density at radius 3 is 2.42 bits per heavy atom. The van der Waals surface area contributed by atoms with Gasteiger partial charge in [0.05, 0.1) is 16.6 Å². The second-order valence-corrected chi connectivity index (χ2v) is 5.77. The van der Waals surface area contributed by atoms with Crippen molar-refractivity contribution in [3.63, 3.8) is 0 Å². The second-order valence-electron chi connectivity index (χ2n) is 4.12. The Hall–Kier alpha value is -2.34. The summed E-state index contributed by atoms with van der Waals surface area (Å²) in [6, 6.07) is 11.0. The summed E-state index contributed by atoms with van der Waals surface area (Å²) in [5.41, 5.74) is 0.906. The van der Waals surface area contributed by atoms with Crippen LogP contribution in [-0.4, -0.2) is 14.4 Å². The van der Waals surface area contributed by atoms with Crippen molar-refractivity contribution in [2.24, 2.45) is 0 Å². The molecule has 1 heterocycles. The third-order valence-corrected chi connectivity index (χ3v) is 4.40. The highest BCUT2D eigenvalue weighted by Crippen LogP contribution is 2.40. The number of para-hydroxylation sites is 1. The van der Waals surface area contributed by atoms with Crippen molar-refractivity contribution in [1.82, 2.24) is 0 Å². The fraction of sp³-hybridized carbons (Fsp3) is 0. The third-order valence-electron chi connectivity index (χ3n) is 2.99. The van der Waals surface area contributed by atoms with Gasteiger partial charge in [-0.2, -0.15) is 0 Å². The quantitative estimate of drug-likeness (QED) is 0.834. The molecule has 0 atom stereocenters. The number of carbonyl (C=O) groups excluding carboxylic acids is 1. The number of nitrogens with one attached hydrogen (secondary N) is 1. The van der Waals surface area contributed by atoms with Crippen molar-refractivity contribution in [2.45, 2.75) is 4.90 Å². The molecule has 0 unspecified atom stereocenters. The Morgan fingerprint density at radius 2 is 1.68 bits per heavy atom. The molecule has 0 spiro atoms. The zero-order chi connectivity index (χ0) is 13.6. The summed E-state index contributed by atoms with van der Waals surface area (Å²) in [6.07, 6.45) is 0. The van der Waals surface area contributed by atoms with Gasteiger partial charge in [-0.25, -0.2) is 8.42 Å². The second kappa shape index (κ2) is 3.83. The van der Waals surface area contributed by atoms with Gasteiger partial charge in [-0.1, -0.05) is 36.4 Å². The molecule has 0 amide bonds. The van der Waals surface area contributed by atoms with E-state index in [0.29, 0.717) is 11.1 Å². The number of hydrogen-bond acceptors (Lipinski definition) is 4. The van der Waals surface area contributed by atoms with Crippen LogP contribution in [0.25, 0.3) is 11.1 Å². The predicted octanol–water partition coefficient (Wildman–Crippen LogP) is 0.831. The molecule has 5 nitrogen and oxygen atoms in total. The molecular formula is C13H8NO4S-. The van der Waals surface area contributed by atoms with Crippen LogP contribution in [0.5, 0.6) is 0 Å². The van der Waals surface area contributed by atoms with Crippen LogP contribution in [0.1, 0.15) is 10.4 Å². The third kappa shape index (κ3) is 1.68. The van der Waals surface area contributed by atoms with E-state index < -0.39 is 16.0 Å². The van der Waals surface area contributed by atoms with E-state index in [4.69, 9.17) is 0 Å². The molecule has 0 fully saturated rings. The highest BCUT2D eigenvalue weighted by atomic mass is 32.2. The molecule has 2 aromatic rings. The molecule has 0 bridgehead atoms. The molecule has 0 saturated heterocycles. The molecule has 6 heteroatoms. The van der Waals surface area contributed by atoms with Crippen molar-refractivity contribution >= 4 is 21.7 Å². The Bertz CT molecular complexity index is 796. The van der Waals surface area contributed by atoms with E-state index in [1.807, 2.05) is 0 Å². The fourth-order valence-electron chi connectivity index (χ4n) is 2.17. The minimum Gasteiger partial charge on any atom is -0.545 e. The van der Waals surface area contributed by atoms with E-state index >= 15 is 0 Å². The summed E-state index contributed by atoms with van der Waals surface area (Å²) in [5.74, 6) is -1.42. The monoisotopic (exact) mass is 274 g/mol. The van der Waals surface area contributed by atoms with Crippen molar-refractivity contribution in [3.05, 3.63) is 48.0 Å². The van der Waals surface area contributed by atoms with Gasteiger partial charge < -0.3 is 9.90 Å². The minimum absolute atomic E-state index is 0.0567. The first kappa shape index (κ1) is 11.7. The highest BCUT2D eigenvalue weighted by molar-refractivity contribution is 7.93. The molecule has 2 aromatic carbocycles. The van der Waals surface area contributed by atoms with E-state index in [0.717, 1.165) is 0 Å². The Morgan fingerprint density at radius 1 is 1.00 bits per heavy atom. The Balaban J connectivity index is 2.41. The first-order valence-electron chi connectivity index (χ1n) is 5.47. The molecule has 3 rings (SSSR count). The number of carboxylic acid groups (broad SMARTS) is 1. The largest absolute Gasteiger partial charge is 0.545 e. The predicted molar refractivity (Wildman–Crippen MR) is 67.0 cm³/mol. The fourth-order valence-corrected chi connectivity index (χ4v) is 3.49. The first-order valence-corrected chi connectivity index (χ1v) is 6.95. The molecule has 0 aliphatic carbocycles. The number of fused-ring (bicyclic) bond motifs is 3. The Kier molecular flexibility index (Phi) is 2.36. The number of anilines is 1. The molecule has 0 saturated carbocycles. The van der Waals surface area contributed by atoms with Gasteiger partial charge in [-0.3, -0.25) is 4.72 Å². The average molecular weight is 274 g/mol. The first-order chi connectivity index (χ1) is 9.00. The maximum atomic E-state index is 12.1. The van der Waals surface area contributed by atoms with Crippen LogP contribution < -0.4 is 9.83 Å². The molecule has 1 aliphatic heterocycles. The van der Waals surface area contributed by atoms with Crippen LogP contribution in [0.15, 0.2) is 47.4 Å². The lowest BCUT2D eigenvalue weighted by atomic mass is 10.00. The van der Waals surface area contributed by atoms with Crippen molar-refractivity contribution in [2.75, 3.05) is 4.72 Å². The number of benzene rings is 2. The summed E-state index contributed by atoms with van der Waals surface area (Å²) in [6.45, 7) is 0. The summed E-state index contributed by atoms with van der Waals surface area (Å²) in [5, 5.41) is 11.0. The molecule has 1 N–H and O–H groups in total. The van der Waals surface area contributed by atoms with Gasteiger partial charge in [0.15, 0.2) is 0 Å². The lowest BCUT2D eigenvalue weighted by Crippen LogP contribution is -2.27. The van der Waals surface area contributed by atoms with Gasteiger partial charge in [0.25, 0.3) is 10.0 Å². The minimum atomic E-state index is -3.75. The molecule has 0 radical (unpaired) electrons. The van der Waals surface area contributed by atoms with Crippen LogP contribution in [0.2, 0.25) is 0 Å². The lowest BCUT2D eigenvalue weighted by Gasteiger charge is -2.24. The van der Waals surface area contributed by atoms with Gasteiger partial charge >= 0.3 is 0 Å². The standard InChI is InChI=1S/C13H9NO4S/c15-13(16)10-6-3-5-9-8-4-1-2-7-11(8)19(17,18)14-12(9)10/h1-7,14H,(H,15,16)/p-1. The number of sulfonamides is 1.